The number of nitrogens with one attached hydrogen (secondary N) is 1. The Morgan fingerprint density at radius 2 is 1.82 bits per heavy atom. The minimum Gasteiger partial charge on any atom is -0.351 e. The zero-order valence-corrected chi connectivity index (χ0v) is 18.0. The first-order chi connectivity index (χ1) is 13.5. The first-order valence-corrected chi connectivity index (χ1v) is 10.9. The van der Waals surface area contributed by atoms with Gasteiger partial charge in [0.05, 0.1) is 5.69 Å². The molecule has 28 heavy (non-hydrogen) atoms. The molecule has 2 aromatic rings. The van der Waals surface area contributed by atoms with E-state index < -0.39 is 0 Å². The van der Waals surface area contributed by atoms with Crippen molar-refractivity contribution in [3.63, 3.8) is 0 Å². The van der Waals surface area contributed by atoms with Crippen LogP contribution < -0.4 is 5.32 Å². The van der Waals surface area contributed by atoms with Crippen LogP contribution in [-0.4, -0.2) is 42.7 Å². The van der Waals surface area contributed by atoms with Crippen LogP contribution in [0, 0.1) is 6.92 Å². The average Bonchev–Trinajstić information content (AvgIpc) is 2.86. The van der Waals surface area contributed by atoms with Crippen molar-refractivity contribution in [2.75, 3.05) is 26.2 Å². The summed E-state index contributed by atoms with van der Waals surface area (Å²) in [6, 6.07) is 12.4. The molecule has 1 amide bonds. The number of carbonyl (C=O) groups is 1. The molecule has 1 N–H and O–H groups in total. The number of hydrogen-bond acceptors (Lipinski definition) is 4. The lowest BCUT2D eigenvalue weighted by Gasteiger charge is -2.18. The zero-order chi connectivity index (χ0) is 20.1. The van der Waals surface area contributed by atoms with Gasteiger partial charge in [-0.1, -0.05) is 44.2 Å². The first kappa shape index (κ1) is 20.6. The van der Waals surface area contributed by atoms with Crippen molar-refractivity contribution in [1.82, 2.24) is 10.2 Å². The lowest BCUT2D eigenvalue weighted by atomic mass is 10.0. The maximum Gasteiger partial charge on any atom is 0.251 e. The van der Waals surface area contributed by atoms with Crippen LogP contribution in [0.2, 0.25) is 0 Å². The summed E-state index contributed by atoms with van der Waals surface area (Å²) in [5.41, 5.74) is 5.06. The van der Waals surface area contributed by atoms with E-state index in [9.17, 15) is 4.79 Å². The smallest absolute Gasteiger partial charge is 0.251 e. The number of aryl methyl sites for hydroxylation is 1. The highest BCUT2D eigenvalue weighted by molar-refractivity contribution is 7.99. The van der Waals surface area contributed by atoms with Crippen LogP contribution in [0.25, 0.3) is 0 Å². The van der Waals surface area contributed by atoms with Gasteiger partial charge >= 0.3 is 0 Å². The van der Waals surface area contributed by atoms with E-state index in [1.807, 2.05) is 18.2 Å². The van der Waals surface area contributed by atoms with Gasteiger partial charge in [-0.15, -0.1) is 0 Å². The van der Waals surface area contributed by atoms with Gasteiger partial charge in [0.15, 0.2) is 0 Å². The molecule has 0 saturated heterocycles. The van der Waals surface area contributed by atoms with Gasteiger partial charge in [0.25, 0.3) is 5.91 Å². The Bertz CT molecular complexity index is 887. The molecule has 0 aliphatic carbocycles. The topological polar surface area (TPSA) is 44.7 Å². The average molecular weight is 396 g/mol. The van der Waals surface area contributed by atoms with Crippen LogP contribution >= 0.6 is 11.8 Å². The van der Waals surface area contributed by atoms with Gasteiger partial charge in [0.1, 0.15) is 0 Å². The Morgan fingerprint density at radius 3 is 2.54 bits per heavy atom. The van der Waals surface area contributed by atoms with Crippen molar-refractivity contribution in [3.8, 4) is 0 Å². The molecule has 148 valence electrons. The highest BCUT2D eigenvalue weighted by Crippen LogP contribution is 2.41. The molecule has 4 nitrogen and oxygen atoms in total. The molecule has 2 aromatic carbocycles. The first-order valence-electron chi connectivity index (χ1n) is 10.1. The molecule has 1 aliphatic heterocycles. The second kappa shape index (κ2) is 9.39. The van der Waals surface area contributed by atoms with Crippen molar-refractivity contribution < 1.29 is 4.79 Å². The summed E-state index contributed by atoms with van der Waals surface area (Å²) >= 11 is 1.73. The predicted molar refractivity (Wildman–Crippen MR) is 118 cm³/mol. The van der Waals surface area contributed by atoms with Crippen LogP contribution in [0.4, 0.5) is 5.69 Å². The van der Waals surface area contributed by atoms with E-state index in [4.69, 9.17) is 4.99 Å². The van der Waals surface area contributed by atoms with Crippen LogP contribution in [0.15, 0.2) is 51.2 Å². The number of rotatable bonds is 7. The molecule has 0 atom stereocenters. The van der Waals surface area contributed by atoms with E-state index in [1.54, 1.807) is 11.8 Å². The molecular formula is C23H29N3OS. The Hall–Kier alpha value is -2.11. The summed E-state index contributed by atoms with van der Waals surface area (Å²) in [7, 11) is 0. The SMILES string of the molecule is CCC1=Nc2cc(C(=O)NCCN(CC)CC)ccc2Sc2ccc(C)cc21. The number of benzene rings is 2. The molecule has 0 fully saturated rings. The number of likely N-dealkylation sites (N-methyl/N-ethyl adjacent to an activating group) is 1. The fourth-order valence-electron chi connectivity index (χ4n) is 3.35. The Kier molecular flexibility index (Phi) is 6.92. The molecular weight excluding hydrogens is 366 g/mol. The largest absolute Gasteiger partial charge is 0.351 e. The van der Waals surface area contributed by atoms with E-state index >= 15 is 0 Å². The predicted octanol–water partition coefficient (Wildman–Crippen LogP) is 5.06. The van der Waals surface area contributed by atoms with E-state index in [0.717, 1.165) is 42.3 Å². The van der Waals surface area contributed by atoms with Crippen LogP contribution in [0.5, 0.6) is 0 Å². The van der Waals surface area contributed by atoms with E-state index in [1.165, 1.54) is 16.0 Å². The number of carbonyl (C=O) groups excluding carboxylic acids is 1. The van der Waals surface area contributed by atoms with Crippen LogP contribution in [0.3, 0.4) is 0 Å². The van der Waals surface area contributed by atoms with Gasteiger partial charge in [-0.25, -0.2) is 0 Å². The molecule has 1 aliphatic rings. The van der Waals surface area contributed by atoms with Gasteiger partial charge in [-0.05, 0) is 56.8 Å². The minimum absolute atomic E-state index is 0.0363. The Balaban J connectivity index is 1.82. The molecule has 0 saturated carbocycles. The molecule has 0 unspecified atom stereocenters. The van der Waals surface area contributed by atoms with Gasteiger partial charge in [-0.3, -0.25) is 9.79 Å². The third-order valence-electron chi connectivity index (χ3n) is 5.09. The zero-order valence-electron chi connectivity index (χ0n) is 17.2. The summed E-state index contributed by atoms with van der Waals surface area (Å²) in [5.74, 6) is -0.0363. The summed E-state index contributed by atoms with van der Waals surface area (Å²) in [4.78, 5) is 22.1. The van der Waals surface area contributed by atoms with Crippen molar-refractivity contribution >= 4 is 29.1 Å². The van der Waals surface area contributed by atoms with Gasteiger partial charge in [-0.2, -0.15) is 0 Å². The molecule has 5 heteroatoms. The molecule has 0 spiro atoms. The maximum atomic E-state index is 12.6. The normalized spacial score (nSPS) is 12.8. The Labute approximate surface area is 172 Å². The van der Waals surface area contributed by atoms with Gasteiger partial charge in [0, 0.05) is 39.7 Å². The molecule has 0 aromatic heterocycles. The third-order valence-corrected chi connectivity index (χ3v) is 6.23. The second-order valence-electron chi connectivity index (χ2n) is 6.98. The molecule has 1 heterocycles. The number of fused-ring (bicyclic) bond motifs is 2. The highest BCUT2D eigenvalue weighted by Gasteiger charge is 2.18. The third kappa shape index (κ3) is 4.65. The summed E-state index contributed by atoms with van der Waals surface area (Å²) in [5, 5.41) is 3.03. The fourth-order valence-corrected chi connectivity index (χ4v) is 4.36. The van der Waals surface area contributed by atoms with Gasteiger partial charge < -0.3 is 10.2 Å². The summed E-state index contributed by atoms with van der Waals surface area (Å²) < 4.78 is 0. The van der Waals surface area contributed by atoms with E-state index in [0.29, 0.717) is 12.1 Å². The van der Waals surface area contributed by atoms with Crippen molar-refractivity contribution in [2.45, 2.75) is 43.9 Å². The quantitative estimate of drug-likeness (QED) is 0.712. The monoisotopic (exact) mass is 395 g/mol. The molecule has 0 radical (unpaired) electrons. The van der Waals surface area contributed by atoms with E-state index in [-0.39, 0.29) is 5.91 Å². The number of aliphatic imine (C=N–C) groups is 1. The van der Waals surface area contributed by atoms with Crippen molar-refractivity contribution in [3.05, 3.63) is 53.1 Å². The minimum atomic E-state index is -0.0363. The lowest BCUT2D eigenvalue weighted by molar-refractivity contribution is 0.0949. The van der Waals surface area contributed by atoms with Crippen molar-refractivity contribution in [2.24, 2.45) is 4.99 Å². The highest BCUT2D eigenvalue weighted by atomic mass is 32.2. The number of amides is 1. The summed E-state index contributed by atoms with van der Waals surface area (Å²) in [6.07, 6.45) is 0.858. The van der Waals surface area contributed by atoms with Crippen LogP contribution in [-0.2, 0) is 0 Å². The fraction of sp³-hybridized carbons (Fsp3) is 0.391. The number of nitrogens with zero attached hydrogens (tertiary/aromatic N) is 2. The van der Waals surface area contributed by atoms with Crippen molar-refractivity contribution in [1.29, 1.82) is 0 Å². The second-order valence-corrected chi connectivity index (χ2v) is 8.06. The maximum absolute atomic E-state index is 12.6. The Morgan fingerprint density at radius 1 is 1.07 bits per heavy atom. The number of hydrogen-bond donors (Lipinski definition) is 1. The molecule has 0 bridgehead atoms. The molecule has 3 rings (SSSR count). The van der Waals surface area contributed by atoms with Crippen LogP contribution in [0.1, 0.15) is 48.7 Å². The van der Waals surface area contributed by atoms with E-state index in [2.05, 4.69) is 56.1 Å². The lowest BCUT2D eigenvalue weighted by Crippen LogP contribution is -2.34. The summed E-state index contributed by atoms with van der Waals surface area (Å²) in [6.45, 7) is 12.0. The van der Waals surface area contributed by atoms with Gasteiger partial charge in [0.2, 0.25) is 0 Å². The standard InChI is InChI=1S/C23H29N3OS/c1-5-19-18-14-16(4)8-10-21(18)28-22-11-9-17(15-20(22)25-19)23(27)24-12-13-26(6-2)7-3/h8-11,14-15H,5-7,12-13H2,1-4H3,(H,24,27).